The van der Waals surface area contributed by atoms with E-state index in [-0.39, 0.29) is 5.56 Å². The molecule has 1 aliphatic rings. The summed E-state index contributed by atoms with van der Waals surface area (Å²) >= 11 is 1.43. The van der Waals surface area contributed by atoms with E-state index in [4.69, 9.17) is 4.74 Å². The van der Waals surface area contributed by atoms with E-state index < -0.39 is 17.7 Å². The van der Waals surface area contributed by atoms with Crippen LogP contribution in [0.25, 0.3) is 0 Å². The third kappa shape index (κ3) is 3.96. The average molecular weight is 375 g/mol. The normalized spacial score (nSPS) is 16.0. The van der Waals surface area contributed by atoms with Gasteiger partial charge in [-0.3, -0.25) is 4.79 Å². The fraction of sp³-hybridized carbons (Fsp3) is 0.400. The summed E-state index contributed by atoms with van der Waals surface area (Å²) in [6.45, 7) is 4.46. The number of ether oxygens (including phenoxy) is 1. The molecule has 1 atom stereocenters. The predicted molar refractivity (Wildman–Crippen MR) is 100 cm³/mol. The second kappa shape index (κ2) is 7.99. The van der Waals surface area contributed by atoms with Crippen molar-refractivity contribution < 1.29 is 18.7 Å². The number of hydrogen-bond acceptors (Lipinski definition) is 4. The molecule has 2 aromatic rings. The van der Waals surface area contributed by atoms with Crippen LogP contribution >= 0.6 is 11.3 Å². The molecule has 0 bridgehead atoms. The Balaban J connectivity index is 1.92. The first kappa shape index (κ1) is 18.6. The number of nitrogens with one attached hydrogen (secondary N) is 1. The molecule has 0 saturated heterocycles. The van der Waals surface area contributed by atoms with Crippen LogP contribution in [0.1, 0.15) is 57.8 Å². The third-order valence-corrected chi connectivity index (χ3v) is 5.64. The average Bonchev–Trinajstić information content (AvgIpc) is 2.96. The highest BCUT2D eigenvalue weighted by atomic mass is 32.1. The smallest absolute Gasteiger partial charge is 0.341 e. The van der Waals surface area contributed by atoms with E-state index in [0.29, 0.717) is 23.1 Å². The summed E-state index contributed by atoms with van der Waals surface area (Å²) < 4.78 is 18.7. The largest absolute Gasteiger partial charge is 0.462 e. The summed E-state index contributed by atoms with van der Waals surface area (Å²) in [5, 5.41) is 3.30. The first-order valence-electron chi connectivity index (χ1n) is 8.88. The highest BCUT2D eigenvalue weighted by Crippen LogP contribution is 2.40. The van der Waals surface area contributed by atoms with Gasteiger partial charge in [0.1, 0.15) is 10.8 Å². The summed E-state index contributed by atoms with van der Waals surface area (Å²) in [5.41, 5.74) is 1.68. The van der Waals surface area contributed by atoms with Crippen LogP contribution in [0.3, 0.4) is 0 Å². The molecular formula is C20H22FNO3S. The molecule has 138 valence electrons. The minimum absolute atomic E-state index is 0.220. The van der Waals surface area contributed by atoms with Gasteiger partial charge in [-0.2, -0.15) is 0 Å². The second-order valence-electron chi connectivity index (χ2n) is 6.66. The van der Waals surface area contributed by atoms with Crippen molar-refractivity contribution in [1.82, 2.24) is 0 Å². The Kier molecular flexibility index (Phi) is 5.71. The molecule has 1 N–H and O–H groups in total. The van der Waals surface area contributed by atoms with Crippen LogP contribution < -0.4 is 5.32 Å². The van der Waals surface area contributed by atoms with E-state index in [1.54, 1.807) is 6.07 Å². The van der Waals surface area contributed by atoms with Gasteiger partial charge in [0.2, 0.25) is 0 Å². The second-order valence-corrected chi connectivity index (χ2v) is 7.76. The van der Waals surface area contributed by atoms with Crippen LogP contribution in [-0.4, -0.2) is 18.5 Å². The van der Waals surface area contributed by atoms with Crippen molar-refractivity contribution in [1.29, 1.82) is 0 Å². The molecule has 0 radical (unpaired) electrons. The molecule has 1 aromatic carbocycles. The monoisotopic (exact) mass is 375 g/mol. The fourth-order valence-corrected chi connectivity index (χ4v) is 4.52. The summed E-state index contributed by atoms with van der Waals surface area (Å²) in [5.74, 6) is -0.749. The maximum atomic E-state index is 13.4. The minimum atomic E-state index is -0.473. The number of carbonyl (C=O) groups is 2. The van der Waals surface area contributed by atoms with Crippen LogP contribution in [0.5, 0.6) is 0 Å². The lowest BCUT2D eigenvalue weighted by atomic mass is 9.88. The summed E-state index contributed by atoms with van der Waals surface area (Å²) in [4.78, 5) is 26.2. The van der Waals surface area contributed by atoms with E-state index in [2.05, 4.69) is 12.2 Å². The minimum Gasteiger partial charge on any atom is -0.462 e. The number of benzene rings is 1. The Labute approximate surface area is 156 Å². The zero-order chi connectivity index (χ0) is 18.7. The number of fused-ring (bicyclic) bond motifs is 1. The van der Waals surface area contributed by atoms with E-state index in [1.165, 1.54) is 29.5 Å². The number of amides is 1. The molecule has 1 amide bonds. The maximum Gasteiger partial charge on any atom is 0.341 e. The molecule has 1 heterocycles. The lowest BCUT2D eigenvalue weighted by Gasteiger charge is -2.18. The van der Waals surface area contributed by atoms with Gasteiger partial charge in [0.15, 0.2) is 0 Å². The number of carbonyl (C=O) groups excluding carboxylic acids is 2. The lowest BCUT2D eigenvalue weighted by Crippen LogP contribution is -2.17. The van der Waals surface area contributed by atoms with Crippen LogP contribution in [0.15, 0.2) is 24.3 Å². The molecule has 26 heavy (non-hydrogen) atoms. The number of thiophene rings is 1. The highest BCUT2D eigenvalue weighted by molar-refractivity contribution is 7.17. The number of rotatable bonds is 5. The zero-order valence-electron chi connectivity index (χ0n) is 14.9. The number of anilines is 1. The molecule has 1 aliphatic carbocycles. The van der Waals surface area contributed by atoms with Gasteiger partial charge in [0.25, 0.3) is 5.91 Å². The first-order valence-corrected chi connectivity index (χ1v) is 9.69. The van der Waals surface area contributed by atoms with Crippen molar-refractivity contribution in [2.45, 2.75) is 39.5 Å². The number of esters is 1. The van der Waals surface area contributed by atoms with Crippen molar-refractivity contribution in [3.05, 3.63) is 51.7 Å². The van der Waals surface area contributed by atoms with Gasteiger partial charge < -0.3 is 10.1 Å². The molecule has 1 aromatic heterocycles. The predicted octanol–water partition coefficient (Wildman–Crippen LogP) is 4.83. The Hall–Kier alpha value is -2.21. The quantitative estimate of drug-likeness (QED) is 0.762. The topological polar surface area (TPSA) is 55.4 Å². The van der Waals surface area contributed by atoms with Crippen LogP contribution in [-0.2, 0) is 17.6 Å². The molecule has 0 fully saturated rings. The standard InChI is InChI=1S/C20H22FNO3S/c1-3-9-25-20(24)17-15-8-7-12(2)10-16(15)26-19(17)22-18(23)13-5-4-6-14(21)11-13/h4-6,11-12H,3,7-10H2,1-2H3,(H,22,23). The zero-order valence-corrected chi connectivity index (χ0v) is 15.7. The highest BCUT2D eigenvalue weighted by Gasteiger charge is 2.29. The Morgan fingerprint density at radius 2 is 2.19 bits per heavy atom. The van der Waals surface area contributed by atoms with E-state index >= 15 is 0 Å². The van der Waals surface area contributed by atoms with Crippen molar-refractivity contribution in [3.8, 4) is 0 Å². The molecule has 6 heteroatoms. The van der Waals surface area contributed by atoms with Crippen LogP contribution in [0.4, 0.5) is 9.39 Å². The summed E-state index contributed by atoms with van der Waals surface area (Å²) in [7, 11) is 0. The molecule has 0 aliphatic heterocycles. The van der Waals surface area contributed by atoms with E-state index in [1.807, 2.05) is 6.92 Å². The van der Waals surface area contributed by atoms with Gasteiger partial charge in [0.05, 0.1) is 12.2 Å². The van der Waals surface area contributed by atoms with E-state index in [0.717, 1.165) is 36.1 Å². The molecule has 4 nitrogen and oxygen atoms in total. The van der Waals surface area contributed by atoms with Crippen molar-refractivity contribution in [3.63, 3.8) is 0 Å². The van der Waals surface area contributed by atoms with Gasteiger partial charge in [-0.05, 0) is 55.4 Å². The first-order chi connectivity index (χ1) is 12.5. The van der Waals surface area contributed by atoms with Crippen LogP contribution in [0, 0.1) is 11.7 Å². The molecular weight excluding hydrogens is 353 g/mol. The van der Waals surface area contributed by atoms with Gasteiger partial charge in [-0.1, -0.05) is 19.9 Å². The lowest BCUT2D eigenvalue weighted by molar-refractivity contribution is 0.0505. The van der Waals surface area contributed by atoms with E-state index in [9.17, 15) is 14.0 Å². The summed E-state index contributed by atoms with van der Waals surface area (Å²) in [6, 6.07) is 5.50. The SMILES string of the molecule is CCCOC(=O)c1c(NC(=O)c2cccc(F)c2)sc2c1CCC(C)C2. The molecule has 0 spiro atoms. The Morgan fingerprint density at radius 1 is 1.38 bits per heavy atom. The van der Waals surface area contributed by atoms with Crippen molar-refractivity contribution in [2.75, 3.05) is 11.9 Å². The Bertz CT molecular complexity index is 830. The van der Waals surface area contributed by atoms with Gasteiger partial charge >= 0.3 is 5.97 Å². The third-order valence-electron chi connectivity index (χ3n) is 4.47. The molecule has 3 rings (SSSR count). The van der Waals surface area contributed by atoms with Crippen molar-refractivity contribution in [2.24, 2.45) is 5.92 Å². The number of halogens is 1. The molecule has 1 unspecified atom stereocenters. The number of hydrogen-bond donors (Lipinski definition) is 1. The molecule has 0 saturated carbocycles. The van der Waals surface area contributed by atoms with Crippen LogP contribution in [0.2, 0.25) is 0 Å². The van der Waals surface area contributed by atoms with Gasteiger partial charge in [-0.25, -0.2) is 9.18 Å². The van der Waals surface area contributed by atoms with Gasteiger partial charge in [0, 0.05) is 10.4 Å². The van der Waals surface area contributed by atoms with Crippen molar-refractivity contribution >= 4 is 28.2 Å². The van der Waals surface area contributed by atoms with Gasteiger partial charge in [-0.15, -0.1) is 11.3 Å². The maximum absolute atomic E-state index is 13.4. The fourth-order valence-electron chi connectivity index (χ4n) is 3.13. The summed E-state index contributed by atoms with van der Waals surface area (Å²) in [6.07, 6.45) is 3.44. The Morgan fingerprint density at radius 3 is 2.92 bits per heavy atom.